The van der Waals surface area contributed by atoms with Gasteiger partial charge in [0.1, 0.15) is 11.6 Å². The van der Waals surface area contributed by atoms with E-state index < -0.39 is 5.91 Å². The summed E-state index contributed by atoms with van der Waals surface area (Å²) in [5.74, 6) is -0.440. The number of carbonyl (C=O) groups is 1. The van der Waals surface area contributed by atoms with E-state index in [4.69, 9.17) is 4.74 Å². The summed E-state index contributed by atoms with van der Waals surface area (Å²) in [7, 11) is 0. The predicted octanol–water partition coefficient (Wildman–Crippen LogP) is 2.45. The molecule has 122 valence electrons. The number of anilines is 1. The lowest BCUT2D eigenvalue weighted by Crippen LogP contribution is -2.15. The number of para-hydroxylation sites is 2. The smallest absolute Gasteiger partial charge is 0.297 e. The van der Waals surface area contributed by atoms with Crippen molar-refractivity contribution in [2.24, 2.45) is 0 Å². The molecule has 0 atom stereocenters. The molecule has 0 unspecified atom stereocenters. The Morgan fingerprint density at radius 1 is 1.21 bits per heavy atom. The van der Waals surface area contributed by atoms with Gasteiger partial charge in [0, 0.05) is 0 Å². The molecule has 1 N–H and O–H groups in total. The van der Waals surface area contributed by atoms with Gasteiger partial charge in [-0.05, 0) is 48.5 Å². The summed E-state index contributed by atoms with van der Waals surface area (Å²) < 4.78 is 18.4. The van der Waals surface area contributed by atoms with Crippen LogP contribution in [0.15, 0.2) is 48.5 Å². The Labute approximate surface area is 137 Å². The van der Waals surface area contributed by atoms with Gasteiger partial charge in [0.2, 0.25) is 0 Å². The maximum Gasteiger partial charge on any atom is 0.297 e. The average molecular weight is 327 g/mol. The molecule has 0 aliphatic heterocycles. The normalized spacial score (nSPS) is 10.4. The van der Waals surface area contributed by atoms with E-state index in [1.165, 1.54) is 24.3 Å². The third-order valence-electron chi connectivity index (χ3n) is 3.11. The van der Waals surface area contributed by atoms with E-state index in [9.17, 15) is 9.18 Å². The fraction of sp³-hybridized carbons (Fsp3) is 0.125. The van der Waals surface area contributed by atoms with Gasteiger partial charge in [-0.2, -0.15) is 0 Å². The van der Waals surface area contributed by atoms with Crippen molar-refractivity contribution in [2.45, 2.75) is 6.92 Å². The maximum absolute atomic E-state index is 12.9. The first kappa shape index (κ1) is 15.6. The standard InChI is InChI=1S/C16H14FN5O2/c1-2-24-14-6-4-3-5-13(14)18-16(23)15-19-21-22(20-15)12-9-7-11(17)8-10-12/h3-10H,2H2,1H3,(H,18,23). The number of carbonyl (C=O) groups excluding carboxylic acids is 1. The maximum atomic E-state index is 12.9. The number of benzene rings is 2. The van der Waals surface area contributed by atoms with Crippen LogP contribution in [0.5, 0.6) is 5.75 Å². The van der Waals surface area contributed by atoms with Crippen molar-refractivity contribution in [1.82, 2.24) is 20.2 Å². The minimum atomic E-state index is -0.518. The lowest BCUT2D eigenvalue weighted by Gasteiger charge is -2.09. The minimum absolute atomic E-state index is 0.106. The lowest BCUT2D eigenvalue weighted by atomic mass is 10.3. The van der Waals surface area contributed by atoms with Gasteiger partial charge in [0.15, 0.2) is 0 Å². The highest BCUT2D eigenvalue weighted by Crippen LogP contribution is 2.23. The molecule has 0 radical (unpaired) electrons. The van der Waals surface area contributed by atoms with Crippen LogP contribution < -0.4 is 10.1 Å². The molecule has 2 aromatic carbocycles. The molecule has 7 nitrogen and oxygen atoms in total. The largest absolute Gasteiger partial charge is 0.492 e. The van der Waals surface area contributed by atoms with Crippen LogP contribution in [-0.4, -0.2) is 32.7 Å². The SMILES string of the molecule is CCOc1ccccc1NC(=O)c1nnn(-c2ccc(F)cc2)n1. The van der Waals surface area contributed by atoms with Gasteiger partial charge in [-0.15, -0.1) is 15.0 Å². The second kappa shape index (κ2) is 6.86. The molecule has 0 bridgehead atoms. The summed E-state index contributed by atoms with van der Waals surface area (Å²) in [5.41, 5.74) is 1.01. The van der Waals surface area contributed by atoms with Gasteiger partial charge in [-0.25, -0.2) is 4.39 Å². The summed E-state index contributed by atoms with van der Waals surface area (Å²) >= 11 is 0. The van der Waals surface area contributed by atoms with Crippen molar-refractivity contribution in [3.8, 4) is 11.4 Å². The van der Waals surface area contributed by atoms with Crippen molar-refractivity contribution in [2.75, 3.05) is 11.9 Å². The topological polar surface area (TPSA) is 81.9 Å². The Bertz CT molecular complexity index is 848. The first-order chi connectivity index (χ1) is 11.7. The third kappa shape index (κ3) is 3.37. The Kier molecular flexibility index (Phi) is 4.46. The van der Waals surface area contributed by atoms with E-state index in [-0.39, 0.29) is 11.6 Å². The molecule has 0 fully saturated rings. The Hall–Kier alpha value is -3.29. The summed E-state index contributed by atoms with van der Waals surface area (Å²) in [6.45, 7) is 2.33. The van der Waals surface area contributed by atoms with E-state index in [0.29, 0.717) is 23.7 Å². The fourth-order valence-corrected chi connectivity index (χ4v) is 2.02. The molecule has 24 heavy (non-hydrogen) atoms. The van der Waals surface area contributed by atoms with Crippen molar-refractivity contribution in [3.05, 3.63) is 60.2 Å². The van der Waals surface area contributed by atoms with Crippen LogP contribution in [0.2, 0.25) is 0 Å². The number of hydrogen-bond donors (Lipinski definition) is 1. The lowest BCUT2D eigenvalue weighted by molar-refractivity contribution is 0.101. The second-order valence-corrected chi connectivity index (χ2v) is 4.76. The summed E-state index contributed by atoms with van der Waals surface area (Å²) in [6.07, 6.45) is 0. The fourth-order valence-electron chi connectivity index (χ4n) is 2.02. The molecule has 0 saturated heterocycles. The Balaban J connectivity index is 1.78. The molecule has 0 aliphatic carbocycles. The van der Waals surface area contributed by atoms with Gasteiger partial charge in [-0.1, -0.05) is 12.1 Å². The minimum Gasteiger partial charge on any atom is -0.492 e. The number of hydrogen-bond acceptors (Lipinski definition) is 5. The van der Waals surface area contributed by atoms with Crippen molar-refractivity contribution in [1.29, 1.82) is 0 Å². The van der Waals surface area contributed by atoms with E-state index in [1.807, 2.05) is 13.0 Å². The van der Waals surface area contributed by atoms with Crippen LogP contribution in [0.1, 0.15) is 17.5 Å². The van der Waals surface area contributed by atoms with Crippen LogP contribution in [0, 0.1) is 5.82 Å². The number of tetrazole rings is 1. The number of rotatable bonds is 5. The molecule has 0 saturated carbocycles. The molecule has 1 aromatic heterocycles. The van der Waals surface area contributed by atoms with E-state index in [0.717, 1.165) is 4.80 Å². The quantitative estimate of drug-likeness (QED) is 0.778. The molecule has 8 heteroatoms. The molecule has 3 aromatic rings. The second-order valence-electron chi connectivity index (χ2n) is 4.76. The predicted molar refractivity (Wildman–Crippen MR) is 84.7 cm³/mol. The Morgan fingerprint density at radius 2 is 1.96 bits per heavy atom. The summed E-state index contributed by atoms with van der Waals surface area (Å²) in [5, 5.41) is 14.2. The molecular formula is C16H14FN5O2. The molecule has 3 rings (SSSR count). The van der Waals surface area contributed by atoms with E-state index in [2.05, 4.69) is 20.7 Å². The highest BCUT2D eigenvalue weighted by Gasteiger charge is 2.15. The van der Waals surface area contributed by atoms with Crippen LogP contribution in [0.25, 0.3) is 5.69 Å². The van der Waals surface area contributed by atoms with Gasteiger partial charge in [-0.3, -0.25) is 4.79 Å². The number of amides is 1. The average Bonchev–Trinajstić information content (AvgIpc) is 3.08. The number of halogens is 1. The zero-order chi connectivity index (χ0) is 16.9. The molecule has 0 aliphatic rings. The van der Waals surface area contributed by atoms with Crippen LogP contribution in [0.3, 0.4) is 0 Å². The highest BCUT2D eigenvalue weighted by atomic mass is 19.1. The van der Waals surface area contributed by atoms with Gasteiger partial charge in [0.25, 0.3) is 11.7 Å². The molecule has 0 spiro atoms. The van der Waals surface area contributed by atoms with Crippen molar-refractivity contribution in [3.63, 3.8) is 0 Å². The van der Waals surface area contributed by atoms with Crippen LogP contribution in [0.4, 0.5) is 10.1 Å². The number of ether oxygens (including phenoxy) is 1. The van der Waals surface area contributed by atoms with Gasteiger partial charge >= 0.3 is 0 Å². The molecule has 1 amide bonds. The van der Waals surface area contributed by atoms with Crippen LogP contribution >= 0.6 is 0 Å². The molecule has 1 heterocycles. The monoisotopic (exact) mass is 327 g/mol. The zero-order valence-corrected chi connectivity index (χ0v) is 12.8. The number of nitrogens with zero attached hydrogens (tertiary/aromatic N) is 4. The van der Waals surface area contributed by atoms with Crippen LogP contribution in [-0.2, 0) is 0 Å². The summed E-state index contributed by atoms with van der Waals surface area (Å²) in [4.78, 5) is 13.4. The van der Waals surface area contributed by atoms with Gasteiger partial charge in [0.05, 0.1) is 18.0 Å². The Morgan fingerprint density at radius 3 is 2.71 bits per heavy atom. The van der Waals surface area contributed by atoms with Gasteiger partial charge < -0.3 is 10.1 Å². The third-order valence-corrected chi connectivity index (χ3v) is 3.11. The van der Waals surface area contributed by atoms with Crippen molar-refractivity contribution >= 4 is 11.6 Å². The number of aromatic nitrogens is 4. The first-order valence-electron chi connectivity index (χ1n) is 7.26. The van der Waals surface area contributed by atoms with E-state index in [1.54, 1.807) is 18.2 Å². The summed E-state index contributed by atoms with van der Waals surface area (Å²) in [6, 6.07) is 12.6. The molecular weight excluding hydrogens is 313 g/mol. The van der Waals surface area contributed by atoms with E-state index >= 15 is 0 Å². The zero-order valence-electron chi connectivity index (χ0n) is 12.8. The number of nitrogens with one attached hydrogen (secondary N) is 1. The van der Waals surface area contributed by atoms with Crippen molar-refractivity contribution < 1.29 is 13.9 Å². The highest BCUT2D eigenvalue weighted by molar-refractivity contribution is 6.02. The first-order valence-corrected chi connectivity index (χ1v) is 7.26.